The summed E-state index contributed by atoms with van der Waals surface area (Å²) >= 11 is 3.46. The Morgan fingerprint density at radius 3 is 2.79 bits per heavy atom. The molecule has 5 heteroatoms. The maximum atomic E-state index is 10.7. The summed E-state index contributed by atoms with van der Waals surface area (Å²) < 4.78 is 0. The maximum absolute atomic E-state index is 10.7. The van der Waals surface area contributed by atoms with Gasteiger partial charge in [0.25, 0.3) is 0 Å². The Morgan fingerprint density at radius 2 is 2.16 bits per heavy atom. The molecule has 0 aliphatic heterocycles. The van der Waals surface area contributed by atoms with Crippen molar-refractivity contribution in [3.8, 4) is 10.6 Å². The number of nitrogens with zero attached hydrogens (tertiary/aromatic N) is 1. The van der Waals surface area contributed by atoms with E-state index in [-0.39, 0.29) is 5.91 Å². The van der Waals surface area contributed by atoms with Crippen LogP contribution in [0.1, 0.15) is 13.3 Å². The molecule has 2 rings (SSSR count). The number of benzene rings is 1. The van der Waals surface area contributed by atoms with Crippen molar-refractivity contribution in [1.29, 1.82) is 0 Å². The molecular weight excluding hydrogens is 276 g/mol. The first-order chi connectivity index (χ1) is 9.25. The first-order valence-electron chi connectivity index (χ1n) is 6.13. The number of carbonyl (C=O) groups is 1. The molecule has 0 aliphatic carbocycles. The van der Waals surface area contributed by atoms with Crippen LogP contribution in [0.25, 0.3) is 10.6 Å². The van der Waals surface area contributed by atoms with Crippen molar-refractivity contribution in [1.82, 2.24) is 10.3 Å². The van der Waals surface area contributed by atoms with E-state index >= 15 is 0 Å². The highest BCUT2D eigenvalue weighted by atomic mass is 32.2. The largest absolute Gasteiger partial charge is 0.356 e. The topological polar surface area (TPSA) is 42.0 Å². The quantitative estimate of drug-likeness (QED) is 0.655. The molecule has 2 aromatic rings. The van der Waals surface area contributed by atoms with Crippen LogP contribution in [0.4, 0.5) is 0 Å². The van der Waals surface area contributed by atoms with Crippen molar-refractivity contribution in [2.24, 2.45) is 0 Å². The van der Waals surface area contributed by atoms with E-state index in [1.165, 1.54) is 4.90 Å². The highest BCUT2D eigenvalue weighted by Gasteiger charge is 2.00. The van der Waals surface area contributed by atoms with Crippen LogP contribution in [0.3, 0.4) is 0 Å². The van der Waals surface area contributed by atoms with Crippen molar-refractivity contribution in [2.75, 3.05) is 12.3 Å². The molecule has 0 unspecified atom stereocenters. The zero-order valence-corrected chi connectivity index (χ0v) is 12.4. The third-order valence-electron chi connectivity index (χ3n) is 2.50. The summed E-state index contributed by atoms with van der Waals surface area (Å²) in [6, 6.07) is 8.46. The van der Waals surface area contributed by atoms with Crippen LogP contribution in [0, 0.1) is 0 Å². The molecule has 1 aromatic carbocycles. The summed E-state index contributed by atoms with van der Waals surface area (Å²) in [4.78, 5) is 16.2. The molecule has 19 heavy (non-hydrogen) atoms. The predicted octanol–water partition coefficient (Wildman–Crippen LogP) is 3.43. The van der Waals surface area contributed by atoms with E-state index < -0.39 is 0 Å². The fourth-order valence-corrected chi connectivity index (χ4v) is 3.08. The molecule has 1 aromatic heterocycles. The molecule has 0 radical (unpaired) electrons. The molecule has 100 valence electrons. The molecule has 1 heterocycles. The van der Waals surface area contributed by atoms with Crippen molar-refractivity contribution >= 4 is 29.0 Å². The molecule has 0 spiro atoms. The van der Waals surface area contributed by atoms with Gasteiger partial charge in [0, 0.05) is 35.5 Å². The number of nitrogens with one attached hydrogen (secondary N) is 1. The van der Waals surface area contributed by atoms with E-state index in [2.05, 4.69) is 34.6 Å². The van der Waals surface area contributed by atoms with Crippen molar-refractivity contribution in [3.05, 3.63) is 35.8 Å². The van der Waals surface area contributed by atoms with Gasteiger partial charge in [-0.2, -0.15) is 0 Å². The Labute approximate surface area is 121 Å². The van der Waals surface area contributed by atoms with Gasteiger partial charge < -0.3 is 5.32 Å². The lowest BCUT2D eigenvalue weighted by Gasteiger charge is -2.03. The molecule has 0 saturated heterocycles. The first kappa shape index (κ1) is 14.1. The van der Waals surface area contributed by atoms with Gasteiger partial charge in [-0.3, -0.25) is 4.79 Å². The minimum absolute atomic E-state index is 0.0396. The molecule has 0 bridgehead atoms. The Hall–Kier alpha value is -1.33. The Kier molecular flexibility index (Phi) is 5.42. The van der Waals surface area contributed by atoms with Gasteiger partial charge in [0.05, 0.1) is 0 Å². The Morgan fingerprint density at radius 1 is 1.37 bits per heavy atom. The zero-order valence-electron chi connectivity index (χ0n) is 10.8. The second-order valence-corrected chi connectivity index (χ2v) is 6.11. The lowest BCUT2D eigenvalue weighted by Crippen LogP contribution is -2.21. The molecule has 3 nitrogen and oxygen atoms in total. The van der Waals surface area contributed by atoms with Crippen LogP contribution >= 0.6 is 23.1 Å². The number of hydrogen-bond acceptors (Lipinski definition) is 4. The van der Waals surface area contributed by atoms with Gasteiger partial charge in [-0.15, -0.1) is 23.1 Å². The molecular formula is C14H16N2OS2. The molecule has 0 fully saturated rings. The third-order valence-corrected chi connectivity index (χ3v) is 4.42. The van der Waals surface area contributed by atoms with E-state index in [4.69, 9.17) is 0 Å². The van der Waals surface area contributed by atoms with Gasteiger partial charge in [-0.25, -0.2) is 4.98 Å². The van der Waals surface area contributed by atoms with Gasteiger partial charge >= 0.3 is 0 Å². The second kappa shape index (κ2) is 7.31. The third kappa shape index (κ3) is 4.69. The second-order valence-electron chi connectivity index (χ2n) is 4.05. The number of carbonyl (C=O) groups excluding carboxylic acids is 1. The van der Waals surface area contributed by atoms with Crippen LogP contribution in [-0.2, 0) is 4.79 Å². The maximum Gasteiger partial charge on any atom is 0.216 e. The first-order valence-corrected chi connectivity index (χ1v) is 7.99. The SMILES string of the molecule is CC(=O)NCCCSc1ccc(-c2nccs2)cc1. The Balaban J connectivity index is 1.78. The van der Waals surface area contributed by atoms with Crippen LogP contribution < -0.4 is 5.32 Å². The van der Waals surface area contributed by atoms with Crippen LogP contribution in [0.2, 0.25) is 0 Å². The minimum Gasteiger partial charge on any atom is -0.356 e. The summed E-state index contributed by atoms with van der Waals surface area (Å²) in [6.45, 7) is 2.30. The Bertz CT molecular complexity index is 509. The summed E-state index contributed by atoms with van der Waals surface area (Å²) in [5, 5.41) is 5.84. The minimum atomic E-state index is 0.0396. The van der Waals surface area contributed by atoms with E-state index in [9.17, 15) is 4.79 Å². The molecule has 0 atom stereocenters. The lowest BCUT2D eigenvalue weighted by atomic mass is 10.2. The monoisotopic (exact) mass is 292 g/mol. The number of amides is 1. The molecule has 0 aliphatic rings. The van der Waals surface area contributed by atoms with Crippen molar-refractivity contribution in [2.45, 2.75) is 18.2 Å². The van der Waals surface area contributed by atoms with Crippen molar-refractivity contribution in [3.63, 3.8) is 0 Å². The van der Waals surface area contributed by atoms with Gasteiger partial charge in [0.1, 0.15) is 5.01 Å². The molecule has 1 N–H and O–H groups in total. The fraction of sp³-hybridized carbons (Fsp3) is 0.286. The average Bonchev–Trinajstić information content (AvgIpc) is 2.93. The van der Waals surface area contributed by atoms with Crippen LogP contribution in [-0.4, -0.2) is 23.2 Å². The smallest absolute Gasteiger partial charge is 0.216 e. The number of thiazole rings is 1. The van der Waals surface area contributed by atoms with E-state index in [1.54, 1.807) is 18.3 Å². The van der Waals surface area contributed by atoms with Gasteiger partial charge in [0.15, 0.2) is 0 Å². The highest BCUT2D eigenvalue weighted by Crippen LogP contribution is 2.25. The molecule has 1 amide bonds. The number of rotatable bonds is 6. The van der Waals surface area contributed by atoms with Crippen molar-refractivity contribution < 1.29 is 4.79 Å². The number of thioether (sulfide) groups is 1. The van der Waals surface area contributed by atoms with Crippen LogP contribution in [0.15, 0.2) is 40.7 Å². The molecule has 0 saturated carbocycles. The van der Waals surface area contributed by atoms with E-state index in [0.717, 1.165) is 29.3 Å². The predicted molar refractivity (Wildman–Crippen MR) is 81.6 cm³/mol. The highest BCUT2D eigenvalue weighted by molar-refractivity contribution is 7.99. The summed E-state index contributed by atoms with van der Waals surface area (Å²) in [6.07, 6.45) is 2.81. The average molecular weight is 292 g/mol. The zero-order chi connectivity index (χ0) is 13.5. The fourth-order valence-electron chi connectivity index (χ4n) is 1.59. The number of hydrogen-bond donors (Lipinski definition) is 1. The van der Waals surface area contributed by atoms with Crippen LogP contribution in [0.5, 0.6) is 0 Å². The van der Waals surface area contributed by atoms with Gasteiger partial charge in [0.2, 0.25) is 5.91 Å². The standard InChI is InChI=1S/C14H16N2OS2/c1-11(17)15-7-2-9-18-13-5-3-12(4-6-13)14-16-8-10-19-14/h3-6,8,10H,2,7,9H2,1H3,(H,15,17). The number of aromatic nitrogens is 1. The lowest BCUT2D eigenvalue weighted by molar-refractivity contribution is -0.118. The van der Waals surface area contributed by atoms with Gasteiger partial charge in [-0.05, 0) is 24.3 Å². The van der Waals surface area contributed by atoms with E-state index in [1.807, 2.05) is 23.3 Å². The summed E-state index contributed by atoms with van der Waals surface area (Å²) in [5.74, 6) is 1.05. The van der Waals surface area contributed by atoms with Gasteiger partial charge in [-0.1, -0.05) is 12.1 Å². The summed E-state index contributed by atoms with van der Waals surface area (Å²) in [7, 11) is 0. The summed E-state index contributed by atoms with van der Waals surface area (Å²) in [5.41, 5.74) is 1.16. The van der Waals surface area contributed by atoms with E-state index in [0.29, 0.717) is 0 Å². The normalized spacial score (nSPS) is 10.4.